The van der Waals surface area contributed by atoms with Gasteiger partial charge in [0.05, 0.1) is 11.2 Å². The standard InChI is InChI=1S/C14H13ClN4/c1-3-11-8(2)12-14(19-16-11)13(18-17-12)9-4-6-10(15)7-5-9/h4-7H,3H2,1-2H3,(H,17,18). The molecule has 96 valence electrons. The first-order valence-electron chi connectivity index (χ1n) is 6.17. The molecule has 3 aromatic rings. The largest absolute Gasteiger partial charge is 0.275 e. The molecule has 0 fully saturated rings. The zero-order chi connectivity index (χ0) is 13.4. The van der Waals surface area contributed by atoms with Gasteiger partial charge in [-0.1, -0.05) is 30.7 Å². The second-order valence-corrected chi connectivity index (χ2v) is 4.86. The Balaban J connectivity index is 2.21. The zero-order valence-electron chi connectivity index (χ0n) is 10.7. The molecule has 1 N–H and O–H groups in total. The summed E-state index contributed by atoms with van der Waals surface area (Å²) in [5, 5.41) is 16.7. The maximum Gasteiger partial charge on any atom is 0.139 e. The lowest BCUT2D eigenvalue weighted by Crippen LogP contribution is -1.96. The third-order valence-corrected chi connectivity index (χ3v) is 3.52. The number of rotatable bonds is 2. The molecule has 4 nitrogen and oxygen atoms in total. The van der Waals surface area contributed by atoms with Crippen LogP contribution in [0.25, 0.3) is 22.3 Å². The number of nitrogens with one attached hydrogen (secondary N) is 1. The van der Waals surface area contributed by atoms with E-state index in [4.69, 9.17) is 11.6 Å². The highest BCUT2D eigenvalue weighted by Crippen LogP contribution is 2.27. The summed E-state index contributed by atoms with van der Waals surface area (Å²) in [7, 11) is 0. The van der Waals surface area contributed by atoms with Gasteiger partial charge in [-0.2, -0.15) is 10.2 Å². The van der Waals surface area contributed by atoms with Crippen molar-refractivity contribution in [2.75, 3.05) is 0 Å². The van der Waals surface area contributed by atoms with Crippen molar-refractivity contribution in [2.24, 2.45) is 0 Å². The predicted octanol–water partition coefficient (Wildman–Crippen LogP) is 3.54. The van der Waals surface area contributed by atoms with E-state index in [0.29, 0.717) is 5.02 Å². The van der Waals surface area contributed by atoms with Gasteiger partial charge in [-0.15, -0.1) is 5.10 Å². The molecule has 0 aliphatic rings. The fourth-order valence-corrected chi connectivity index (χ4v) is 2.30. The van der Waals surface area contributed by atoms with E-state index >= 15 is 0 Å². The number of hydrogen-bond donors (Lipinski definition) is 1. The van der Waals surface area contributed by atoms with Crippen LogP contribution in [0.2, 0.25) is 5.02 Å². The van der Waals surface area contributed by atoms with Crippen molar-refractivity contribution in [3.63, 3.8) is 0 Å². The first-order chi connectivity index (χ1) is 9.20. The summed E-state index contributed by atoms with van der Waals surface area (Å²) < 4.78 is 0. The highest BCUT2D eigenvalue weighted by atomic mass is 35.5. The Morgan fingerprint density at radius 3 is 2.58 bits per heavy atom. The lowest BCUT2D eigenvalue weighted by molar-refractivity contribution is 0.927. The minimum atomic E-state index is 0.708. The third-order valence-electron chi connectivity index (χ3n) is 3.27. The van der Waals surface area contributed by atoms with Gasteiger partial charge < -0.3 is 0 Å². The first-order valence-corrected chi connectivity index (χ1v) is 6.54. The fourth-order valence-electron chi connectivity index (χ4n) is 2.17. The monoisotopic (exact) mass is 272 g/mol. The Morgan fingerprint density at radius 2 is 1.89 bits per heavy atom. The molecule has 5 heteroatoms. The van der Waals surface area contributed by atoms with Gasteiger partial charge in [0.1, 0.15) is 11.2 Å². The van der Waals surface area contributed by atoms with Crippen LogP contribution in [0.4, 0.5) is 0 Å². The van der Waals surface area contributed by atoms with Crippen molar-refractivity contribution < 1.29 is 0 Å². The Bertz CT molecular complexity index is 731. The SMILES string of the molecule is CCc1nnc2c(-c3ccc(Cl)cc3)n[nH]c2c1C. The summed E-state index contributed by atoms with van der Waals surface area (Å²) in [6.07, 6.45) is 0.865. The second-order valence-electron chi connectivity index (χ2n) is 4.43. The summed E-state index contributed by atoms with van der Waals surface area (Å²) in [6.45, 7) is 4.11. The molecule has 0 aliphatic heterocycles. The van der Waals surface area contributed by atoms with Gasteiger partial charge in [-0.25, -0.2) is 0 Å². The number of nitrogens with zero attached hydrogens (tertiary/aromatic N) is 3. The molecule has 0 amide bonds. The smallest absolute Gasteiger partial charge is 0.139 e. The lowest BCUT2D eigenvalue weighted by Gasteiger charge is -2.01. The lowest BCUT2D eigenvalue weighted by atomic mass is 10.1. The molecule has 2 heterocycles. The Morgan fingerprint density at radius 1 is 1.16 bits per heavy atom. The molecule has 0 atom stereocenters. The van der Waals surface area contributed by atoms with E-state index in [0.717, 1.165) is 40.0 Å². The molecule has 19 heavy (non-hydrogen) atoms. The van der Waals surface area contributed by atoms with Crippen molar-refractivity contribution in [1.82, 2.24) is 20.4 Å². The topological polar surface area (TPSA) is 54.5 Å². The molecule has 0 radical (unpaired) electrons. The van der Waals surface area contributed by atoms with E-state index in [2.05, 4.69) is 27.3 Å². The summed E-state index contributed by atoms with van der Waals surface area (Å²) >= 11 is 5.90. The maximum atomic E-state index is 5.90. The summed E-state index contributed by atoms with van der Waals surface area (Å²) in [6, 6.07) is 7.56. The van der Waals surface area contributed by atoms with Crippen molar-refractivity contribution in [1.29, 1.82) is 0 Å². The molecule has 0 spiro atoms. The van der Waals surface area contributed by atoms with Crippen molar-refractivity contribution in [3.05, 3.63) is 40.5 Å². The Labute approximate surface area is 115 Å². The van der Waals surface area contributed by atoms with Gasteiger partial charge >= 0.3 is 0 Å². The minimum Gasteiger partial charge on any atom is -0.275 e. The Kier molecular flexibility index (Phi) is 2.95. The maximum absolute atomic E-state index is 5.90. The molecule has 0 aliphatic carbocycles. The average Bonchev–Trinajstić information content (AvgIpc) is 2.85. The van der Waals surface area contributed by atoms with Crippen LogP contribution in [0.5, 0.6) is 0 Å². The van der Waals surface area contributed by atoms with Crippen molar-refractivity contribution in [2.45, 2.75) is 20.3 Å². The molecule has 1 aromatic carbocycles. The molecular formula is C14H13ClN4. The van der Waals surface area contributed by atoms with Crippen molar-refractivity contribution in [3.8, 4) is 11.3 Å². The quantitative estimate of drug-likeness (QED) is 0.776. The van der Waals surface area contributed by atoms with Crippen LogP contribution in [0.15, 0.2) is 24.3 Å². The number of aromatic amines is 1. The van der Waals surface area contributed by atoms with Crippen molar-refractivity contribution >= 4 is 22.6 Å². The molecule has 0 unspecified atom stereocenters. The summed E-state index contributed by atoms with van der Waals surface area (Å²) in [4.78, 5) is 0. The van der Waals surface area contributed by atoms with Crippen LogP contribution in [0.1, 0.15) is 18.2 Å². The van der Waals surface area contributed by atoms with Gasteiger partial charge in [0.2, 0.25) is 0 Å². The number of halogens is 1. The highest BCUT2D eigenvalue weighted by molar-refractivity contribution is 6.30. The van der Waals surface area contributed by atoms with Crippen LogP contribution in [-0.2, 0) is 6.42 Å². The van der Waals surface area contributed by atoms with E-state index in [9.17, 15) is 0 Å². The molecule has 0 saturated heterocycles. The minimum absolute atomic E-state index is 0.708. The normalized spacial score (nSPS) is 11.1. The molecule has 2 aromatic heterocycles. The summed E-state index contributed by atoms with van der Waals surface area (Å²) in [5.41, 5.74) is 5.66. The van der Waals surface area contributed by atoms with E-state index in [-0.39, 0.29) is 0 Å². The Hall–Kier alpha value is -1.94. The van der Waals surface area contributed by atoms with Gasteiger partial charge in [0, 0.05) is 10.6 Å². The van der Waals surface area contributed by atoms with E-state index in [1.54, 1.807) is 0 Å². The van der Waals surface area contributed by atoms with Crippen LogP contribution in [-0.4, -0.2) is 20.4 Å². The van der Waals surface area contributed by atoms with E-state index in [1.807, 2.05) is 31.2 Å². The van der Waals surface area contributed by atoms with Gasteiger partial charge in [-0.3, -0.25) is 5.10 Å². The average molecular weight is 273 g/mol. The first kappa shape index (κ1) is 12.1. The third kappa shape index (κ3) is 1.98. The molecular weight excluding hydrogens is 260 g/mol. The fraction of sp³-hybridized carbons (Fsp3) is 0.214. The number of aryl methyl sites for hydroxylation is 2. The van der Waals surface area contributed by atoms with Gasteiger partial charge in [0.25, 0.3) is 0 Å². The summed E-state index contributed by atoms with van der Waals surface area (Å²) in [5.74, 6) is 0. The number of hydrogen-bond acceptors (Lipinski definition) is 3. The number of aromatic nitrogens is 4. The number of fused-ring (bicyclic) bond motifs is 1. The second kappa shape index (κ2) is 4.63. The zero-order valence-corrected chi connectivity index (χ0v) is 11.5. The molecule has 0 bridgehead atoms. The highest BCUT2D eigenvalue weighted by Gasteiger charge is 2.13. The van der Waals surface area contributed by atoms with Crippen LogP contribution in [0.3, 0.4) is 0 Å². The number of benzene rings is 1. The van der Waals surface area contributed by atoms with E-state index in [1.165, 1.54) is 0 Å². The van der Waals surface area contributed by atoms with Crippen LogP contribution < -0.4 is 0 Å². The number of H-pyrrole nitrogens is 1. The van der Waals surface area contributed by atoms with Crippen LogP contribution in [0, 0.1) is 6.92 Å². The van der Waals surface area contributed by atoms with Crippen LogP contribution >= 0.6 is 11.6 Å². The van der Waals surface area contributed by atoms with Gasteiger partial charge in [0.15, 0.2) is 0 Å². The molecule has 0 saturated carbocycles. The molecule has 3 rings (SSSR count). The van der Waals surface area contributed by atoms with E-state index < -0.39 is 0 Å². The van der Waals surface area contributed by atoms with Gasteiger partial charge in [-0.05, 0) is 31.0 Å². The predicted molar refractivity (Wildman–Crippen MR) is 76.2 cm³/mol.